The normalized spacial score (nSPS) is 10.6. The van der Waals surface area contributed by atoms with Crippen molar-refractivity contribution in [2.24, 2.45) is 0 Å². The number of aryl methyl sites for hydroxylation is 2. The van der Waals surface area contributed by atoms with Gasteiger partial charge in [0, 0.05) is 6.42 Å². The smallest absolute Gasteiger partial charge is 0.308 e. The van der Waals surface area contributed by atoms with Crippen LogP contribution in [0.2, 0.25) is 0 Å². The van der Waals surface area contributed by atoms with E-state index in [1.807, 2.05) is 26.0 Å². The SMILES string of the molecule is Cc1cc(C)cc(Cc2nc(N)c(CC(=O)O)c(=O)[nH]2)c1. The molecule has 0 radical (unpaired) electrons. The van der Waals surface area contributed by atoms with Crippen molar-refractivity contribution >= 4 is 11.8 Å². The summed E-state index contributed by atoms with van der Waals surface area (Å²) in [6.07, 6.45) is 0.00725. The number of nitrogens with two attached hydrogens (primary N) is 1. The molecule has 2 aromatic rings. The van der Waals surface area contributed by atoms with Crippen LogP contribution < -0.4 is 11.3 Å². The van der Waals surface area contributed by atoms with E-state index in [1.54, 1.807) is 0 Å². The molecule has 0 bridgehead atoms. The van der Waals surface area contributed by atoms with Crippen LogP contribution in [0.15, 0.2) is 23.0 Å². The van der Waals surface area contributed by atoms with Crippen LogP contribution in [0.4, 0.5) is 5.82 Å². The van der Waals surface area contributed by atoms with Crippen molar-refractivity contribution in [3.05, 3.63) is 56.6 Å². The van der Waals surface area contributed by atoms with Gasteiger partial charge in [0.25, 0.3) is 5.56 Å². The Morgan fingerprint density at radius 1 is 1.29 bits per heavy atom. The molecular weight excluding hydrogens is 270 g/mol. The second kappa shape index (κ2) is 5.78. The number of carboxylic acids is 1. The van der Waals surface area contributed by atoms with Gasteiger partial charge in [-0.2, -0.15) is 0 Å². The number of rotatable bonds is 4. The van der Waals surface area contributed by atoms with Gasteiger partial charge >= 0.3 is 5.97 Å². The summed E-state index contributed by atoms with van der Waals surface area (Å²) in [4.78, 5) is 29.3. The minimum atomic E-state index is -1.11. The summed E-state index contributed by atoms with van der Waals surface area (Å²) in [5.74, 6) is -0.715. The predicted octanol–water partition coefficient (Wildman–Crippen LogP) is 1.19. The number of aromatic amines is 1. The Labute approximate surface area is 121 Å². The van der Waals surface area contributed by atoms with Crippen molar-refractivity contribution < 1.29 is 9.90 Å². The molecule has 0 spiro atoms. The van der Waals surface area contributed by atoms with E-state index < -0.39 is 17.9 Å². The molecule has 2 rings (SSSR count). The van der Waals surface area contributed by atoms with E-state index in [-0.39, 0.29) is 11.4 Å². The summed E-state index contributed by atoms with van der Waals surface area (Å²) >= 11 is 0. The first-order valence-corrected chi connectivity index (χ1v) is 6.51. The molecular formula is C15H17N3O3. The number of aliphatic carboxylic acids is 1. The number of nitrogens with one attached hydrogen (secondary N) is 1. The Morgan fingerprint density at radius 2 is 1.90 bits per heavy atom. The number of hydrogen-bond acceptors (Lipinski definition) is 4. The van der Waals surface area contributed by atoms with Gasteiger partial charge in [0.1, 0.15) is 11.6 Å². The topological polar surface area (TPSA) is 109 Å². The fourth-order valence-corrected chi connectivity index (χ4v) is 2.33. The zero-order valence-electron chi connectivity index (χ0n) is 11.9. The highest BCUT2D eigenvalue weighted by atomic mass is 16.4. The van der Waals surface area contributed by atoms with Crippen LogP contribution in [0.25, 0.3) is 0 Å². The standard InChI is InChI=1S/C15H17N3O3/c1-8-3-9(2)5-10(4-8)6-12-17-14(16)11(7-13(19)20)15(21)18-12/h3-5H,6-7H2,1-2H3,(H,19,20)(H3,16,17,18,21). The Hall–Kier alpha value is -2.63. The van der Waals surface area contributed by atoms with Gasteiger partial charge in [-0.05, 0) is 19.4 Å². The first-order chi connectivity index (χ1) is 9.85. The first kappa shape index (κ1) is 14.8. The highest BCUT2D eigenvalue weighted by Crippen LogP contribution is 2.12. The lowest BCUT2D eigenvalue weighted by atomic mass is 10.0. The lowest BCUT2D eigenvalue weighted by molar-refractivity contribution is -0.136. The molecule has 6 heteroatoms. The van der Waals surface area contributed by atoms with Crippen LogP contribution in [-0.4, -0.2) is 21.0 Å². The molecule has 0 fully saturated rings. The number of carboxylic acid groups (broad SMARTS) is 1. The summed E-state index contributed by atoms with van der Waals surface area (Å²) < 4.78 is 0. The number of H-pyrrole nitrogens is 1. The Balaban J connectivity index is 2.33. The summed E-state index contributed by atoms with van der Waals surface area (Å²) in [6, 6.07) is 6.08. The number of anilines is 1. The van der Waals surface area contributed by atoms with Crippen LogP contribution in [0, 0.1) is 13.8 Å². The van der Waals surface area contributed by atoms with Crippen molar-refractivity contribution in [1.29, 1.82) is 0 Å². The maximum absolute atomic E-state index is 11.9. The van der Waals surface area contributed by atoms with E-state index in [0.29, 0.717) is 12.2 Å². The van der Waals surface area contributed by atoms with Crippen molar-refractivity contribution in [3.8, 4) is 0 Å². The fraction of sp³-hybridized carbons (Fsp3) is 0.267. The Morgan fingerprint density at radius 3 is 2.43 bits per heavy atom. The number of carbonyl (C=O) groups is 1. The monoisotopic (exact) mass is 287 g/mol. The molecule has 0 aliphatic heterocycles. The van der Waals surface area contributed by atoms with Crippen molar-refractivity contribution in [2.45, 2.75) is 26.7 Å². The van der Waals surface area contributed by atoms with Gasteiger partial charge in [-0.15, -0.1) is 0 Å². The van der Waals surface area contributed by atoms with Gasteiger partial charge in [0.15, 0.2) is 0 Å². The van der Waals surface area contributed by atoms with E-state index in [1.165, 1.54) is 0 Å². The molecule has 1 aromatic heterocycles. The molecule has 0 saturated heterocycles. The number of nitrogen functional groups attached to an aromatic ring is 1. The lowest BCUT2D eigenvalue weighted by Crippen LogP contribution is -2.22. The molecule has 0 saturated carbocycles. The van der Waals surface area contributed by atoms with E-state index in [2.05, 4.69) is 16.0 Å². The maximum Gasteiger partial charge on any atom is 0.308 e. The van der Waals surface area contributed by atoms with Crippen LogP contribution in [0.3, 0.4) is 0 Å². The quantitative estimate of drug-likeness (QED) is 0.782. The van der Waals surface area contributed by atoms with E-state index in [4.69, 9.17) is 10.8 Å². The van der Waals surface area contributed by atoms with Crippen molar-refractivity contribution in [3.63, 3.8) is 0 Å². The van der Waals surface area contributed by atoms with Gasteiger partial charge in [-0.3, -0.25) is 9.59 Å². The zero-order chi connectivity index (χ0) is 15.6. The predicted molar refractivity (Wildman–Crippen MR) is 79.3 cm³/mol. The fourth-order valence-electron chi connectivity index (χ4n) is 2.33. The van der Waals surface area contributed by atoms with Crippen LogP contribution in [0.5, 0.6) is 0 Å². The van der Waals surface area contributed by atoms with E-state index in [9.17, 15) is 9.59 Å². The van der Waals surface area contributed by atoms with E-state index in [0.717, 1.165) is 16.7 Å². The van der Waals surface area contributed by atoms with Gasteiger partial charge in [-0.25, -0.2) is 4.98 Å². The van der Waals surface area contributed by atoms with Gasteiger partial charge in [0.05, 0.1) is 12.0 Å². The lowest BCUT2D eigenvalue weighted by Gasteiger charge is -2.07. The second-order valence-corrected chi connectivity index (χ2v) is 5.12. The zero-order valence-corrected chi connectivity index (χ0v) is 11.9. The molecule has 6 nitrogen and oxygen atoms in total. The summed E-state index contributed by atoms with van der Waals surface area (Å²) in [5, 5.41) is 8.75. The second-order valence-electron chi connectivity index (χ2n) is 5.12. The third-order valence-corrected chi connectivity index (χ3v) is 3.08. The molecule has 0 amide bonds. The van der Waals surface area contributed by atoms with Crippen LogP contribution in [0.1, 0.15) is 28.1 Å². The van der Waals surface area contributed by atoms with Gasteiger partial charge in [-0.1, -0.05) is 29.3 Å². The van der Waals surface area contributed by atoms with Gasteiger partial charge in [0.2, 0.25) is 0 Å². The highest BCUT2D eigenvalue weighted by Gasteiger charge is 2.12. The molecule has 0 aliphatic rings. The minimum absolute atomic E-state index is 0.00771. The largest absolute Gasteiger partial charge is 0.481 e. The number of aromatic nitrogens is 2. The van der Waals surface area contributed by atoms with Crippen LogP contribution >= 0.6 is 0 Å². The third-order valence-electron chi connectivity index (χ3n) is 3.08. The molecule has 0 unspecified atom stereocenters. The summed E-state index contributed by atoms with van der Waals surface area (Å²) in [6.45, 7) is 3.99. The Kier molecular flexibility index (Phi) is 4.07. The first-order valence-electron chi connectivity index (χ1n) is 6.51. The minimum Gasteiger partial charge on any atom is -0.481 e. The molecule has 110 valence electrons. The average Bonchev–Trinajstić information content (AvgIpc) is 2.32. The highest BCUT2D eigenvalue weighted by molar-refractivity contribution is 5.71. The summed E-state index contributed by atoms with van der Waals surface area (Å²) in [7, 11) is 0. The Bertz CT molecular complexity index is 730. The van der Waals surface area contributed by atoms with Gasteiger partial charge < -0.3 is 15.8 Å². The van der Waals surface area contributed by atoms with Crippen molar-refractivity contribution in [2.75, 3.05) is 5.73 Å². The van der Waals surface area contributed by atoms with E-state index >= 15 is 0 Å². The maximum atomic E-state index is 11.9. The molecule has 1 heterocycles. The molecule has 1 aromatic carbocycles. The molecule has 21 heavy (non-hydrogen) atoms. The van der Waals surface area contributed by atoms with Crippen molar-refractivity contribution in [1.82, 2.24) is 9.97 Å². The molecule has 0 aliphatic carbocycles. The summed E-state index contributed by atoms with van der Waals surface area (Å²) in [5.41, 5.74) is 8.46. The number of benzene rings is 1. The third kappa shape index (κ3) is 3.68. The average molecular weight is 287 g/mol. The number of hydrogen-bond donors (Lipinski definition) is 3. The molecule has 0 atom stereocenters. The molecule has 4 N–H and O–H groups in total. The number of nitrogens with zero attached hydrogens (tertiary/aromatic N) is 1. The van der Waals surface area contributed by atoms with Crippen LogP contribution in [-0.2, 0) is 17.6 Å².